The molecule has 1 aliphatic heterocycles. The van der Waals surface area contributed by atoms with Gasteiger partial charge < -0.3 is 14.5 Å². The Kier molecular flexibility index (Phi) is 4.39. The van der Waals surface area contributed by atoms with Crippen molar-refractivity contribution in [2.75, 3.05) is 43.1 Å². The Morgan fingerprint density at radius 1 is 0.962 bits per heavy atom. The van der Waals surface area contributed by atoms with Crippen molar-refractivity contribution in [1.82, 2.24) is 24.7 Å². The molecular formula is C18H21N7O. The number of methoxy groups -OCH3 is 1. The van der Waals surface area contributed by atoms with Crippen LogP contribution in [0.5, 0.6) is 5.88 Å². The number of anilines is 2. The molecule has 8 heteroatoms. The van der Waals surface area contributed by atoms with E-state index < -0.39 is 0 Å². The number of hydrogen-bond acceptors (Lipinski definition) is 7. The largest absolute Gasteiger partial charge is 0.481 e. The van der Waals surface area contributed by atoms with Gasteiger partial charge >= 0.3 is 0 Å². The maximum Gasteiger partial charge on any atom is 0.228 e. The maximum atomic E-state index is 5.19. The maximum absolute atomic E-state index is 5.19. The highest BCUT2D eigenvalue weighted by Gasteiger charge is 2.20. The topological polar surface area (TPSA) is 72.2 Å². The van der Waals surface area contributed by atoms with E-state index in [0.29, 0.717) is 11.8 Å². The first kappa shape index (κ1) is 16.3. The number of piperazine rings is 1. The summed E-state index contributed by atoms with van der Waals surface area (Å²) < 4.78 is 6.99. The van der Waals surface area contributed by atoms with Crippen LogP contribution in [0.1, 0.15) is 5.56 Å². The van der Waals surface area contributed by atoms with Crippen molar-refractivity contribution in [1.29, 1.82) is 0 Å². The van der Waals surface area contributed by atoms with Crippen LogP contribution in [0.25, 0.3) is 5.82 Å². The summed E-state index contributed by atoms with van der Waals surface area (Å²) in [5.41, 5.74) is 1.11. The average Bonchev–Trinajstić information content (AvgIpc) is 3.15. The van der Waals surface area contributed by atoms with Gasteiger partial charge in [0.2, 0.25) is 11.8 Å². The van der Waals surface area contributed by atoms with E-state index in [4.69, 9.17) is 9.72 Å². The quantitative estimate of drug-likeness (QED) is 0.708. The first-order valence-corrected chi connectivity index (χ1v) is 8.58. The van der Waals surface area contributed by atoms with Gasteiger partial charge in [0.25, 0.3) is 0 Å². The highest BCUT2D eigenvalue weighted by atomic mass is 16.5. The van der Waals surface area contributed by atoms with E-state index in [1.165, 1.54) is 0 Å². The summed E-state index contributed by atoms with van der Waals surface area (Å²) in [7, 11) is 1.61. The standard InChI is InChI=1S/C18H21N7O/c1-14-12-20-25(13-14)16-5-3-4-15(21-16)23-8-10-24(11-9-23)18-19-7-6-17(22-18)26-2/h3-7,12-13H,8-11H2,1-2H3. The summed E-state index contributed by atoms with van der Waals surface area (Å²) >= 11 is 0. The van der Waals surface area contributed by atoms with Gasteiger partial charge in [0.1, 0.15) is 5.82 Å². The number of aryl methyl sites for hydroxylation is 1. The zero-order valence-electron chi connectivity index (χ0n) is 14.9. The number of hydrogen-bond donors (Lipinski definition) is 0. The van der Waals surface area contributed by atoms with Gasteiger partial charge in [-0.05, 0) is 24.6 Å². The lowest BCUT2D eigenvalue weighted by Crippen LogP contribution is -2.47. The number of ether oxygens (including phenoxy) is 1. The molecular weight excluding hydrogens is 330 g/mol. The Hall–Kier alpha value is -3.16. The molecule has 0 aliphatic carbocycles. The van der Waals surface area contributed by atoms with Crippen molar-refractivity contribution in [2.45, 2.75) is 6.92 Å². The Bertz CT molecular complexity index is 887. The van der Waals surface area contributed by atoms with Crippen LogP contribution in [0, 0.1) is 6.92 Å². The molecule has 0 saturated carbocycles. The summed E-state index contributed by atoms with van der Waals surface area (Å²) in [6, 6.07) is 7.78. The van der Waals surface area contributed by atoms with Crippen LogP contribution in [0.2, 0.25) is 0 Å². The Morgan fingerprint density at radius 2 is 1.73 bits per heavy atom. The van der Waals surface area contributed by atoms with Crippen LogP contribution in [-0.4, -0.2) is 58.0 Å². The number of rotatable bonds is 4. The fraction of sp³-hybridized carbons (Fsp3) is 0.333. The van der Waals surface area contributed by atoms with Gasteiger partial charge in [0.05, 0.1) is 13.3 Å². The second-order valence-corrected chi connectivity index (χ2v) is 6.19. The number of nitrogens with zero attached hydrogens (tertiary/aromatic N) is 7. The Balaban J connectivity index is 1.46. The fourth-order valence-corrected chi connectivity index (χ4v) is 2.99. The molecule has 134 valence electrons. The Labute approximate surface area is 152 Å². The first-order chi connectivity index (χ1) is 12.7. The van der Waals surface area contributed by atoms with E-state index >= 15 is 0 Å². The summed E-state index contributed by atoms with van der Waals surface area (Å²) in [5.74, 6) is 3.08. The first-order valence-electron chi connectivity index (χ1n) is 8.58. The fourth-order valence-electron chi connectivity index (χ4n) is 2.99. The van der Waals surface area contributed by atoms with E-state index in [9.17, 15) is 0 Å². The van der Waals surface area contributed by atoms with Crippen molar-refractivity contribution in [3.8, 4) is 11.7 Å². The molecule has 1 saturated heterocycles. The Morgan fingerprint density at radius 3 is 2.46 bits per heavy atom. The van der Waals surface area contributed by atoms with Crippen LogP contribution >= 0.6 is 0 Å². The minimum Gasteiger partial charge on any atom is -0.481 e. The number of pyridine rings is 1. The molecule has 0 atom stereocenters. The molecule has 1 aliphatic rings. The zero-order valence-corrected chi connectivity index (χ0v) is 14.9. The molecule has 4 rings (SSSR count). The molecule has 0 amide bonds. The van der Waals surface area contributed by atoms with Crippen molar-refractivity contribution < 1.29 is 4.74 Å². The van der Waals surface area contributed by atoms with Gasteiger partial charge in [-0.1, -0.05) is 6.07 Å². The van der Waals surface area contributed by atoms with Crippen molar-refractivity contribution >= 4 is 11.8 Å². The van der Waals surface area contributed by atoms with E-state index in [0.717, 1.165) is 43.4 Å². The predicted octanol–water partition coefficient (Wildman–Crippen LogP) is 1.70. The van der Waals surface area contributed by atoms with Crippen LogP contribution in [0.15, 0.2) is 42.9 Å². The third-order valence-electron chi connectivity index (χ3n) is 4.38. The second-order valence-electron chi connectivity index (χ2n) is 6.19. The summed E-state index contributed by atoms with van der Waals surface area (Å²) in [4.78, 5) is 18.0. The molecule has 8 nitrogen and oxygen atoms in total. The van der Waals surface area contributed by atoms with E-state index in [2.05, 4.69) is 24.9 Å². The van der Waals surface area contributed by atoms with Crippen molar-refractivity contribution in [2.24, 2.45) is 0 Å². The summed E-state index contributed by atoms with van der Waals surface area (Å²) in [6.45, 7) is 5.40. The van der Waals surface area contributed by atoms with Crippen molar-refractivity contribution in [3.63, 3.8) is 0 Å². The minimum atomic E-state index is 0.585. The van der Waals surface area contributed by atoms with E-state index in [1.54, 1.807) is 24.1 Å². The van der Waals surface area contributed by atoms with Gasteiger partial charge in [-0.2, -0.15) is 10.1 Å². The van der Waals surface area contributed by atoms with Crippen molar-refractivity contribution in [3.05, 3.63) is 48.4 Å². The molecule has 1 fully saturated rings. The zero-order chi connectivity index (χ0) is 17.9. The third-order valence-corrected chi connectivity index (χ3v) is 4.38. The molecule has 4 heterocycles. The smallest absolute Gasteiger partial charge is 0.228 e. The molecule has 3 aromatic heterocycles. The summed E-state index contributed by atoms with van der Waals surface area (Å²) in [5, 5.41) is 4.34. The minimum absolute atomic E-state index is 0.585. The van der Waals surface area contributed by atoms with Gasteiger partial charge in [-0.25, -0.2) is 14.6 Å². The normalized spacial score (nSPS) is 14.5. The van der Waals surface area contributed by atoms with Gasteiger partial charge in [0, 0.05) is 44.6 Å². The second kappa shape index (κ2) is 6.99. The highest BCUT2D eigenvalue weighted by Crippen LogP contribution is 2.19. The monoisotopic (exact) mass is 351 g/mol. The lowest BCUT2D eigenvalue weighted by Gasteiger charge is -2.35. The van der Waals surface area contributed by atoms with Crippen LogP contribution in [0.3, 0.4) is 0 Å². The molecule has 0 aromatic carbocycles. The molecule has 0 unspecified atom stereocenters. The van der Waals surface area contributed by atoms with E-state index in [1.807, 2.05) is 37.5 Å². The lowest BCUT2D eigenvalue weighted by molar-refractivity contribution is 0.396. The van der Waals surface area contributed by atoms with Gasteiger partial charge in [-0.3, -0.25) is 0 Å². The lowest BCUT2D eigenvalue weighted by atomic mass is 10.3. The molecule has 0 spiro atoms. The van der Waals surface area contributed by atoms with Gasteiger partial charge in [-0.15, -0.1) is 0 Å². The molecule has 0 radical (unpaired) electrons. The van der Waals surface area contributed by atoms with Gasteiger partial charge in [0.15, 0.2) is 5.82 Å². The average molecular weight is 351 g/mol. The summed E-state index contributed by atoms with van der Waals surface area (Å²) in [6.07, 6.45) is 5.54. The molecule has 3 aromatic rings. The van der Waals surface area contributed by atoms with Crippen LogP contribution in [-0.2, 0) is 0 Å². The third kappa shape index (κ3) is 3.30. The highest BCUT2D eigenvalue weighted by molar-refractivity contribution is 5.45. The van der Waals surface area contributed by atoms with Crippen LogP contribution < -0.4 is 14.5 Å². The van der Waals surface area contributed by atoms with Crippen LogP contribution in [0.4, 0.5) is 11.8 Å². The number of aromatic nitrogens is 5. The predicted molar refractivity (Wildman–Crippen MR) is 99.1 cm³/mol. The molecule has 0 bridgehead atoms. The SMILES string of the molecule is COc1ccnc(N2CCN(c3cccc(-n4cc(C)cn4)n3)CC2)n1. The van der Waals surface area contributed by atoms with E-state index in [-0.39, 0.29) is 0 Å². The molecule has 0 N–H and O–H groups in total. The molecule has 26 heavy (non-hydrogen) atoms.